The monoisotopic (exact) mass is 526 g/mol. The third-order valence-electron chi connectivity index (χ3n) is 6.31. The average molecular weight is 527 g/mol. The van der Waals surface area contributed by atoms with Crippen molar-refractivity contribution in [2.24, 2.45) is 0 Å². The second kappa shape index (κ2) is 26.4. The fourth-order valence-electron chi connectivity index (χ4n) is 4.11. The van der Waals surface area contributed by atoms with E-state index < -0.39 is 6.55 Å². The van der Waals surface area contributed by atoms with Crippen LogP contribution < -0.4 is 0 Å². The normalized spacial score (nSPS) is 12.3. The van der Waals surface area contributed by atoms with Crippen LogP contribution in [-0.4, -0.2) is 12.4 Å². The Morgan fingerprint density at radius 1 is 0.559 bits per heavy atom. The molecule has 1 rings (SSSR count). The van der Waals surface area contributed by atoms with E-state index in [1.165, 1.54) is 139 Å². The summed E-state index contributed by atoms with van der Waals surface area (Å²) in [5.41, 5.74) is 0. The second-order valence-corrected chi connectivity index (χ2v) is 15.7. The van der Waals surface area contributed by atoms with Crippen LogP contribution in [0.2, 0.25) is 0 Å². The maximum atomic E-state index is 6.40. The molecule has 0 spiro atoms. The molecule has 0 aliphatic rings. The molecule has 0 aromatic heterocycles. The quantitative estimate of drug-likeness (QED) is 0.0877. The molecule has 0 radical (unpaired) electrons. The van der Waals surface area contributed by atoms with Crippen LogP contribution in [0, 0.1) is 0 Å². The summed E-state index contributed by atoms with van der Waals surface area (Å²) in [6.45, 7) is 5.05. The lowest BCUT2D eigenvalue weighted by atomic mass is 10.1. The summed E-state index contributed by atoms with van der Waals surface area (Å²) in [5.74, 6) is 1.25. The van der Waals surface area contributed by atoms with Crippen molar-refractivity contribution < 1.29 is 4.52 Å². The molecular formula is C30H55OPS2. The maximum absolute atomic E-state index is 6.40. The van der Waals surface area contributed by atoms with E-state index in [-0.39, 0.29) is 0 Å². The molecule has 1 aromatic carbocycles. The first-order valence-corrected chi connectivity index (χ1v) is 18.9. The van der Waals surface area contributed by atoms with Gasteiger partial charge in [0, 0.05) is 10.6 Å². The Bertz CT molecular complexity index is 488. The number of hydrogen-bond acceptors (Lipinski definition) is 3. The number of benzene rings is 1. The van der Waals surface area contributed by atoms with Crippen LogP contribution in [0.4, 0.5) is 0 Å². The smallest absolute Gasteiger partial charge is 0.156 e. The van der Waals surface area contributed by atoms with Crippen LogP contribution >= 0.6 is 29.3 Å². The maximum Gasteiger partial charge on any atom is 0.156 e. The average Bonchev–Trinajstić information content (AvgIpc) is 2.86. The molecule has 0 N–H and O–H groups in total. The van der Waals surface area contributed by atoms with E-state index in [9.17, 15) is 0 Å². The second-order valence-electron chi connectivity index (χ2n) is 9.66. The van der Waals surface area contributed by atoms with Gasteiger partial charge in [-0.05, 0) is 25.0 Å². The van der Waals surface area contributed by atoms with Gasteiger partial charge in [-0.3, -0.25) is 0 Å². The fourth-order valence-corrected chi connectivity index (χ4v) is 10.1. The van der Waals surface area contributed by atoms with Crippen LogP contribution in [0.5, 0.6) is 0 Å². The Balaban J connectivity index is 2.08. The van der Waals surface area contributed by atoms with Gasteiger partial charge in [-0.2, -0.15) is 0 Å². The van der Waals surface area contributed by atoms with Crippen LogP contribution in [0.25, 0.3) is 0 Å². The zero-order valence-corrected chi connectivity index (χ0v) is 25.1. The fraction of sp³-hybridized carbons (Fsp3) is 0.800. The van der Waals surface area contributed by atoms with Crippen LogP contribution in [0.3, 0.4) is 0 Å². The van der Waals surface area contributed by atoms with Gasteiger partial charge in [-0.25, -0.2) is 0 Å². The molecule has 0 fully saturated rings. The van der Waals surface area contributed by atoms with E-state index in [2.05, 4.69) is 55.6 Å². The van der Waals surface area contributed by atoms with Gasteiger partial charge in [-0.1, -0.05) is 170 Å². The largest absolute Gasteiger partial charge is 0.339 e. The number of rotatable bonds is 26. The zero-order valence-electron chi connectivity index (χ0n) is 22.6. The number of hydrogen-bond donors (Lipinski definition) is 0. The van der Waals surface area contributed by atoms with Crippen molar-refractivity contribution in [3.8, 4) is 0 Å². The lowest BCUT2D eigenvalue weighted by molar-refractivity contribution is 0.348. The lowest BCUT2D eigenvalue weighted by Crippen LogP contribution is -1.89. The number of unbranched alkanes of at least 4 members (excludes halogenated alkanes) is 18. The van der Waals surface area contributed by atoms with Crippen LogP contribution in [0.15, 0.2) is 35.2 Å². The van der Waals surface area contributed by atoms with Crippen molar-refractivity contribution in [3.63, 3.8) is 0 Å². The first kappa shape index (κ1) is 32.3. The third-order valence-corrected chi connectivity index (χ3v) is 12.5. The summed E-state index contributed by atoms with van der Waals surface area (Å²) >= 11 is 4.04. The highest BCUT2D eigenvalue weighted by Gasteiger charge is 2.12. The van der Waals surface area contributed by atoms with E-state index >= 15 is 0 Å². The van der Waals surface area contributed by atoms with E-state index in [4.69, 9.17) is 4.52 Å². The highest BCUT2D eigenvalue weighted by atomic mass is 33.1. The van der Waals surface area contributed by atoms with E-state index in [1.807, 2.05) is 11.4 Å². The highest BCUT2D eigenvalue weighted by Crippen LogP contribution is 2.64. The molecule has 198 valence electrons. The molecule has 1 atom stereocenters. The van der Waals surface area contributed by atoms with Gasteiger partial charge in [0.2, 0.25) is 0 Å². The highest BCUT2D eigenvalue weighted by molar-refractivity contribution is 8.86. The lowest BCUT2D eigenvalue weighted by Gasteiger charge is -2.16. The van der Waals surface area contributed by atoms with Crippen molar-refractivity contribution in [2.45, 2.75) is 147 Å². The minimum Gasteiger partial charge on any atom is -0.339 e. The van der Waals surface area contributed by atoms with Gasteiger partial charge in [0.05, 0.1) is 6.61 Å². The third kappa shape index (κ3) is 21.6. The summed E-state index contributed by atoms with van der Waals surface area (Å²) in [4.78, 5) is 1.35. The molecule has 0 saturated heterocycles. The molecule has 1 nitrogen and oxygen atoms in total. The van der Waals surface area contributed by atoms with Crippen molar-refractivity contribution >= 4 is 29.3 Å². The van der Waals surface area contributed by atoms with Crippen molar-refractivity contribution in [2.75, 3.05) is 12.4 Å². The molecule has 0 saturated carbocycles. The molecule has 4 heteroatoms. The standard InChI is InChI=1S/C30H55OPS2/c1-3-5-7-9-11-13-15-17-19-24-28-31-32(34-30-26-22-21-23-27-30)33-29-25-20-18-16-14-12-10-8-6-4-2/h21-23,26-27H,3-20,24-25,28-29H2,1-2H3. The Labute approximate surface area is 223 Å². The van der Waals surface area contributed by atoms with Crippen molar-refractivity contribution in [3.05, 3.63) is 30.3 Å². The molecule has 34 heavy (non-hydrogen) atoms. The van der Waals surface area contributed by atoms with Crippen molar-refractivity contribution in [1.29, 1.82) is 0 Å². The summed E-state index contributed by atoms with van der Waals surface area (Å²) in [5, 5.41) is 0. The summed E-state index contributed by atoms with van der Waals surface area (Å²) in [6.07, 6.45) is 28.0. The molecular weight excluding hydrogens is 471 g/mol. The SMILES string of the molecule is CCCCCCCCCCCCOP(SCCCCCCCCCCCC)Sc1ccccc1. The first-order chi connectivity index (χ1) is 16.9. The van der Waals surface area contributed by atoms with E-state index in [0.717, 1.165) is 6.61 Å². The van der Waals surface area contributed by atoms with E-state index in [0.29, 0.717) is 0 Å². The Morgan fingerprint density at radius 2 is 1.00 bits per heavy atom. The first-order valence-electron chi connectivity index (χ1n) is 14.7. The Morgan fingerprint density at radius 3 is 1.50 bits per heavy atom. The predicted octanol–water partition coefficient (Wildman–Crippen LogP) is 12.6. The summed E-state index contributed by atoms with van der Waals surface area (Å²) in [6, 6.07) is 10.8. The zero-order chi connectivity index (χ0) is 24.4. The molecule has 1 aromatic rings. The molecule has 0 aliphatic carbocycles. The van der Waals surface area contributed by atoms with Gasteiger partial charge in [0.25, 0.3) is 0 Å². The molecule has 0 heterocycles. The van der Waals surface area contributed by atoms with Gasteiger partial charge in [0.1, 0.15) is 0 Å². The minimum atomic E-state index is -0.476. The summed E-state index contributed by atoms with van der Waals surface area (Å²) in [7, 11) is 0. The molecule has 0 bridgehead atoms. The summed E-state index contributed by atoms with van der Waals surface area (Å²) < 4.78 is 6.40. The molecule has 0 amide bonds. The van der Waals surface area contributed by atoms with Gasteiger partial charge in [0.15, 0.2) is 6.55 Å². The Hall–Kier alpha value is 0.310. The minimum absolute atomic E-state index is 0.476. The Kier molecular flexibility index (Phi) is 25.1. The topological polar surface area (TPSA) is 9.23 Å². The van der Waals surface area contributed by atoms with Crippen LogP contribution in [-0.2, 0) is 4.52 Å². The van der Waals surface area contributed by atoms with E-state index in [1.54, 1.807) is 0 Å². The molecule has 1 unspecified atom stereocenters. The van der Waals surface area contributed by atoms with Crippen molar-refractivity contribution in [1.82, 2.24) is 0 Å². The molecule has 0 aliphatic heterocycles. The van der Waals surface area contributed by atoms with Gasteiger partial charge in [-0.15, -0.1) is 0 Å². The van der Waals surface area contributed by atoms with Gasteiger partial charge >= 0.3 is 0 Å². The van der Waals surface area contributed by atoms with Gasteiger partial charge < -0.3 is 4.52 Å². The van der Waals surface area contributed by atoms with Crippen LogP contribution in [0.1, 0.15) is 142 Å². The predicted molar refractivity (Wildman–Crippen MR) is 161 cm³/mol.